The van der Waals surface area contributed by atoms with Crippen molar-refractivity contribution in [1.29, 1.82) is 0 Å². The largest absolute Gasteiger partial charge is 0.507 e. The van der Waals surface area contributed by atoms with Gasteiger partial charge < -0.3 is 24.7 Å². The number of nitrogens with one attached hydrogen (secondary N) is 1. The van der Waals surface area contributed by atoms with Crippen LogP contribution in [0.1, 0.15) is 65.9 Å². The first kappa shape index (κ1) is 27.0. The van der Waals surface area contributed by atoms with Crippen molar-refractivity contribution in [3.05, 3.63) is 99.8 Å². The minimum atomic E-state index is -1.54. The topological polar surface area (TPSA) is 126 Å². The van der Waals surface area contributed by atoms with Crippen molar-refractivity contribution in [1.82, 2.24) is 5.32 Å². The summed E-state index contributed by atoms with van der Waals surface area (Å²) in [5.41, 5.74) is -0.0177. The van der Waals surface area contributed by atoms with Gasteiger partial charge in [-0.1, -0.05) is 30.3 Å². The molecule has 2 aromatic carbocycles. The van der Waals surface area contributed by atoms with Crippen LogP contribution in [0.2, 0.25) is 0 Å². The van der Waals surface area contributed by atoms with Crippen LogP contribution in [0, 0.1) is 6.92 Å². The first-order chi connectivity index (χ1) is 19.1. The lowest BCUT2D eigenvalue weighted by molar-refractivity contribution is -0.123. The Balaban J connectivity index is 1.44. The molecule has 206 valence electrons. The molecule has 3 aromatic rings. The molecule has 0 saturated carbocycles. The Morgan fingerprint density at radius 1 is 1.05 bits per heavy atom. The van der Waals surface area contributed by atoms with Crippen molar-refractivity contribution in [2.45, 2.75) is 51.9 Å². The molecule has 40 heavy (non-hydrogen) atoms. The van der Waals surface area contributed by atoms with E-state index in [1.165, 1.54) is 25.5 Å². The summed E-state index contributed by atoms with van der Waals surface area (Å²) in [7, 11) is 0. The van der Waals surface area contributed by atoms with E-state index in [4.69, 9.17) is 9.15 Å². The first-order valence-corrected chi connectivity index (χ1v) is 13.2. The fourth-order valence-corrected chi connectivity index (χ4v) is 5.65. The van der Waals surface area contributed by atoms with Crippen molar-refractivity contribution >= 4 is 17.3 Å². The van der Waals surface area contributed by atoms with E-state index in [1.807, 2.05) is 30.3 Å². The Morgan fingerprint density at radius 2 is 1.77 bits per heavy atom. The van der Waals surface area contributed by atoms with E-state index in [0.29, 0.717) is 18.7 Å². The van der Waals surface area contributed by atoms with Crippen molar-refractivity contribution in [2.75, 3.05) is 6.54 Å². The molecule has 3 N–H and O–H groups in total. The maximum absolute atomic E-state index is 14.0. The average Bonchev–Trinajstić information content (AvgIpc) is 3.55. The number of aromatic hydroxyl groups is 2. The normalized spacial score (nSPS) is 19.9. The van der Waals surface area contributed by atoms with Crippen LogP contribution in [-0.2, 0) is 21.4 Å². The van der Waals surface area contributed by atoms with Crippen LogP contribution in [0.4, 0.5) is 0 Å². The van der Waals surface area contributed by atoms with Gasteiger partial charge in [-0.15, -0.1) is 0 Å². The van der Waals surface area contributed by atoms with Gasteiger partial charge in [0.05, 0.1) is 17.4 Å². The number of hydrogen-bond donors (Lipinski definition) is 3. The molecule has 0 bridgehead atoms. The Hall–Kier alpha value is -4.59. The van der Waals surface area contributed by atoms with Gasteiger partial charge in [0.25, 0.3) is 0 Å². The third kappa shape index (κ3) is 4.29. The molecule has 2 aliphatic rings. The molecule has 2 unspecified atom stereocenters. The number of allylic oxidation sites excluding steroid dienone is 4. The van der Waals surface area contributed by atoms with Gasteiger partial charge in [0.15, 0.2) is 17.3 Å². The second-order valence-electron chi connectivity index (χ2n) is 10.5. The highest BCUT2D eigenvalue weighted by atomic mass is 16.5. The lowest BCUT2D eigenvalue weighted by Gasteiger charge is -2.29. The zero-order valence-electron chi connectivity index (χ0n) is 22.8. The van der Waals surface area contributed by atoms with E-state index in [2.05, 4.69) is 17.4 Å². The summed E-state index contributed by atoms with van der Waals surface area (Å²) >= 11 is 0. The van der Waals surface area contributed by atoms with Gasteiger partial charge in [-0.25, -0.2) is 0 Å². The number of rotatable bonds is 8. The molecule has 0 fully saturated rings. The number of benzene rings is 2. The smallest absolute Gasteiger partial charge is 0.194 e. The second kappa shape index (κ2) is 10.2. The van der Waals surface area contributed by atoms with Gasteiger partial charge in [-0.3, -0.25) is 14.4 Å². The quantitative estimate of drug-likeness (QED) is 0.203. The summed E-state index contributed by atoms with van der Waals surface area (Å²) < 4.78 is 11.5. The molecule has 1 aliphatic carbocycles. The van der Waals surface area contributed by atoms with E-state index in [-0.39, 0.29) is 45.4 Å². The second-order valence-corrected chi connectivity index (χ2v) is 10.5. The Labute approximate surface area is 232 Å². The predicted octanol–water partition coefficient (Wildman–Crippen LogP) is 5.17. The number of furan rings is 1. The summed E-state index contributed by atoms with van der Waals surface area (Å²) in [5.74, 6) is -1.50. The summed E-state index contributed by atoms with van der Waals surface area (Å²) in [6.07, 6.45) is 4.32. The highest BCUT2D eigenvalue weighted by Crippen LogP contribution is 2.57. The molecule has 0 amide bonds. The SMILES string of the molecule is CC(=O)c1c(O)c(C)c(O)c2c1OC1=CC(=O)C(=C(C)NCCC(Cc3ccccc3)c3ccco3)C(=O)C12C. The average molecular weight is 542 g/mol. The molecule has 2 heterocycles. The van der Waals surface area contributed by atoms with Gasteiger partial charge >= 0.3 is 0 Å². The first-order valence-electron chi connectivity index (χ1n) is 13.2. The maximum atomic E-state index is 14.0. The van der Waals surface area contributed by atoms with Gasteiger partial charge in [-0.2, -0.15) is 0 Å². The van der Waals surface area contributed by atoms with E-state index in [0.717, 1.165) is 12.2 Å². The number of phenolic OH excluding ortho intramolecular Hbond substituents is 2. The Morgan fingerprint density at radius 3 is 2.42 bits per heavy atom. The van der Waals surface area contributed by atoms with Crippen LogP contribution in [-0.4, -0.2) is 34.1 Å². The molecule has 1 aliphatic heterocycles. The number of Topliss-reactive ketones (excluding diaryl/α,β-unsaturated/α-hetero) is 2. The standard InChI is InChI=1S/C32H31NO7/c1-17-28(36)26(19(3)34)30-27(29(17)37)32(4)24(40-30)16-22(35)25(31(32)38)18(2)33-13-12-21(23-11-8-14-39-23)15-20-9-6-5-7-10-20/h5-11,14,16,21,33,36-37H,12-13,15H2,1-4H3. The fourth-order valence-electron chi connectivity index (χ4n) is 5.65. The summed E-state index contributed by atoms with van der Waals surface area (Å²) in [4.78, 5) is 39.5. The highest BCUT2D eigenvalue weighted by molar-refractivity contribution is 6.31. The molecule has 8 nitrogen and oxygen atoms in total. The number of ether oxygens (including phenoxy) is 1. The molecular weight excluding hydrogens is 510 g/mol. The lowest BCUT2D eigenvalue weighted by atomic mass is 9.70. The molecule has 8 heteroatoms. The van der Waals surface area contributed by atoms with E-state index >= 15 is 0 Å². The number of carbonyl (C=O) groups is 3. The minimum absolute atomic E-state index is 0.0117. The molecule has 2 atom stereocenters. The van der Waals surface area contributed by atoms with Crippen molar-refractivity contribution in [2.24, 2.45) is 0 Å². The fraction of sp³-hybridized carbons (Fsp3) is 0.281. The van der Waals surface area contributed by atoms with Gasteiger partial charge in [0.2, 0.25) is 0 Å². The molecule has 0 spiro atoms. The van der Waals surface area contributed by atoms with Crippen molar-refractivity contribution < 1.29 is 33.8 Å². The third-order valence-electron chi connectivity index (χ3n) is 7.91. The summed E-state index contributed by atoms with van der Waals surface area (Å²) in [6, 6.07) is 13.9. The monoisotopic (exact) mass is 541 g/mol. The van der Waals surface area contributed by atoms with Gasteiger partial charge in [-0.05, 0) is 58.2 Å². The molecule has 0 saturated heterocycles. The summed E-state index contributed by atoms with van der Waals surface area (Å²) in [6.45, 7) is 6.41. The van der Waals surface area contributed by atoms with E-state index in [1.54, 1.807) is 20.1 Å². The maximum Gasteiger partial charge on any atom is 0.194 e. The van der Waals surface area contributed by atoms with E-state index < -0.39 is 28.5 Å². The van der Waals surface area contributed by atoms with Crippen LogP contribution < -0.4 is 10.1 Å². The molecule has 0 radical (unpaired) electrons. The molecule has 5 rings (SSSR count). The zero-order valence-corrected chi connectivity index (χ0v) is 22.8. The van der Waals surface area contributed by atoms with Crippen LogP contribution in [0.3, 0.4) is 0 Å². The van der Waals surface area contributed by atoms with Crippen LogP contribution in [0.5, 0.6) is 17.2 Å². The number of hydrogen-bond acceptors (Lipinski definition) is 8. The molecule has 1 aromatic heterocycles. The zero-order chi connectivity index (χ0) is 28.8. The predicted molar refractivity (Wildman–Crippen MR) is 148 cm³/mol. The highest BCUT2D eigenvalue weighted by Gasteiger charge is 2.56. The minimum Gasteiger partial charge on any atom is -0.507 e. The Kier molecular flexibility index (Phi) is 6.87. The number of fused-ring (bicyclic) bond motifs is 3. The van der Waals surface area contributed by atoms with Crippen LogP contribution in [0.25, 0.3) is 0 Å². The Bertz CT molecular complexity index is 1580. The van der Waals surface area contributed by atoms with Crippen molar-refractivity contribution in [3.8, 4) is 17.2 Å². The number of carbonyl (C=O) groups excluding carboxylic acids is 3. The third-order valence-corrected chi connectivity index (χ3v) is 7.91. The van der Waals surface area contributed by atoms with Crippen LogP contribution in [0.15, 0.2) is 76.3 Å². The lowest BCUT2D eigenvalue weighted by Crippen LogP contribution is -2.41. The van der Waals surface area contributed by atoms with Crippen molar-refractivity contribution in [3.63, 3.8) is 0 Å². The number of ketones is 3. The number of phenols is 2. The van der Waals surface area contributed by atoms with E-state index in [9.17, 15) is 24.6 Å². The van der Waals surface area contributed by atoms with Gasteiger partial charge in [0, 0.05) is 29.8 Å². The van der Waals surface area contributed by atoms with Gasteiger partial charge in [0.1, 0.15) is 39.7 Å². The van der Waals surface area contributed by atoms with Crippen LogP contribution >= 0.6 is 0 Å². The molecular formula is C32H31NO7. The summed E-state index contributed by atoms with van der Waals surface area (Å²) in [5, 5.41) is 24.8.